The third kappa shape index (κ3) is 4.94. The van der Waals surface area contributed by atoms with E-state index >= 15 is 0 Å². The smallest absolute Gasteiger partial charge is 0.223 e. The lowest BCUT2D eigenvalue weighted by molar-refractivity contribution is -0.131. The quantitative estimate of drug-likeness (QED) is 0.805. The van der Waals surface area contributed by atoms with Crippen LogP contribution >= 0.6 is 0 Å². The van der Waals surface area contributed by atoms with E-state index in [9.17, 15) is 4.79 Å². The Bertz CT molecular complexity index is 267. The summed E-state index contributed by atoms with van der Waals surface area (Å²) in [7, 11) is 1.88. The minimum absolute atomic E-state index is 0.00848. The lowest BCUT2D eigenvalue weighted by atomic mass is 9.85. The maximum atomic E-state index is 12.0. The summed E-state index contributed by atoms with van der Waals surface area (Å²) < 4.78 is 0. The minimum Gasteiger partial charge on any atom is -0.344 e. The zero-order valence-electron chi connectivity index (χ0n) is 12.4. The van der Waals surface area contributed by atoms with Gasteiger partial charge in [0.15, 0.2) is 0 Å². The van der Waals surface area contributed by atoms with E-state index in [1.54, 1.807) is 0 Å². The number of nitrogens with two attached hydrogens (primary N) is 1. The molecular weight excluding hydrogens is 226 g/mol. The normalized spacial score (nSPS) is 18.9. The molecular formula is C14H29N3O. The maximum Gasteiger partial charge on any atom is 0.223 e. The van der Waals surface area contributed by atoms with Crippen LogP contribution in [0.3, 0.4) is 0 Å². The summed E-state index contributed by atoms with van der Waals surface area (Å²) in [6, 6.07) is -0.0702. The van der Waals surface area contributed by atoms with E-state index in [2.05, 4.69) is 25.7 Å². The molecule has 1 fully saturated rings. The van der Waals surface area contributed by atoms with Crippen molar-refractivity contribution in [1.29, 1.82) is 0 Å². The van der Waals surface area contributed by atoms with Crippen LogP contribution in [0.4, 0.5) is 0 Å². The monoisotopic (exact) mass is 255 g/mol. The standard InChI is InChI=1S/C14H29N3O/c1-14(2,3)12(15)11-13(18)16(4)9-10-17-7-5-6-8-17/h12H,5-11,15H2,1-4H3. The van der Waals surface area contributed by atoms with E-state index in [4.69, 9.17) is 5.73 Å². The molecule has 2 N–H and O–H groups in total. The van der Waals surface area contributed by atoms with E-state index in [1.165, 1.54) is 25.9 Å². The number of likely N-dealkylation sites (N-methyl/N-ethyl adjacent to an activating group) is 1. The van der Waals surface area contributed by atoms with Gasteiger partial charge < -0.3 is 15.5 Å². The van der Waals surface area contributed by atoms with E-state index < -0.39 is 0 Å². The molecule has 1 atom stereocenters. The first kappa shape index (κ1) is 15.4. The van der Waals surface area contributed by atoms with Crippen LogP contribution in [-0.4, -0.2) is 55.0 Å². The molecule has 1 unspecified atom stereocenters. The molecule has 1 heterocycles. The molecule has 0 aromatic rings. The number of carbonyl (C=O) groups is 1. The lowest BCUT2D eigenvalue weighted by Gasteiger charge is -2.29. The first-order valence-electron chi connectivity index (χ1n) is 7.02. The van der Waals surface area contributed by atoms with Gasteiger partial charge in [0.25, 0.3) is 0 Å². The first-order valence-corrected chi connectivity index (χ1v) is 7.02. The van der Waals surface area contributed by atoms with Crippen LogP contribution in [0.2, 0.25) is 0 Å². The summed E-state index contributed by atoms with van der Waals surface area (Å²) in [5, 5.41) is 0. The summed E-state index contributed by atoms with van der Waals surface area (Å²) in [4.78, 5) is 16.3. The highest BCUT2D eigenvalue weighted by Gasteiger charge is 2.24. The predicted octanol–water partition coefficient (Wildman–Crippen LogP) is 1.30. The minimum atomic E-state index is -0.0702. The zero-order chi connectivity index (χ0) is 13.8. The van der Waals surface area contributed by atoms with Crippen LogP contribution < -0.4 is 5.73 Å². The summed E-state index contributed by atoms with van der Waals surface area (Å²) >= 11 is 0. The molecule has 0 aromatic heterocycles. The van der Waals surface area contributed by atoms with Gasteiger partial charge in [-0.25, -0.2) is 0 Å². The Kier molecular flexibility index (Phi) is 5.60. The Morgan fingerprint density at radius 3 is 2.39 bits per heavy atom. The Labute approximate surface area is 111 Å². The number of hydrogen-bond acceptors (Lipinski definition) is 3. The fourth-order valence-corrected chi connectivity index (χ4v) is 2.07. The lowest BCUT2D eigenvalue weighted by Crippen LogP contribution is -2.42. The number of carbonyl (C=O) groups excluding carboxylic acids is 1. The summed E-state index contributed by atoms with van der Waals surface area (Å²) in [5.74, 6) is 0.164. The van der Waals surface area contributed by atoms with Gasteiger partial charge in [-0.15, -0.1) is 0 Å². The highest BCUT2D eigenvalue weighted by molar-refractivity contribution is 5.76. The maximum absolute atomic E-state index is 12.0. The van der Waals surface area contributed by atoms with Gasteiger partial charge >= 0.3 is 0 Å². The van der Waals surface area contributed by atoms with Gasteiger partial charge in [0.05, 0.1) is 0 Å². The van der Waals surface area contributed by atoms with Crippen molar-refractivity contribution in [2.45, 2.75) is 46.1 Å². The second-order valence-electron chi connectivity index (χ2n) is 6.54. The van der Waals surface area contributed by atoms with Gasteiger partial charge in [0.1, 0.15) is 0 Å². The van der Waals surface area contributed by atoms with Crippen molar-refractivity contribution in [3.05, 3.63) is 0 Å². The number of likely N-dealkylation sites (tertiary alicyclic amines) is 1. The molecule has 18 heavy (non-hydrogen) atoms. The van der Waals surface area contributed by atoms with Crippen molar-refractivity contribution < 1.29 is 4.79 Å². The van der Waals surface area contributed by atoms with Crippen molar-refractivity contribution in [2.24, 2.45) is 11.1 Å². The van der Waals surface area contributed by atoms with Crippen LogP contribution in [0, 0.1) is 5.41 Å². The van der Waals surface area contributed by atoms with Crippen molar-refractivity contribution in [3.8, 4) is 0 Å². The van der Waals surface area contributed by atoms with Gasteiger partial charge in [-0.05, 0) is 31.3 Å². The van der Waals surface area contributed by atoms with Crippen LogP contribution in [0.1, 0.15) is 40.0 Å². The molecule has 1 rings (SSSR count). The van der Waals surface area contributed by atoms with Crippen molar-refractivity contribution in [1.82, 2.24) is 9.80 Å². The second kappa shape index (κ2) is 6.53. The Hall–Kier alpha value is -0.610. The van der Waals surface area contributed by atoms with Gasteiger partial charge in [-0.3, -0.25) is 4.79 Å². The van der Waals surface area contributed by atoms with Gasteiger partial charge in [0, 0.05) is 32.6 Å². The van der Waals surface area contributed by atoms with Gasteiger partial charge in [-0.1, -0.05) is 20.8 Å². The number of hydrogen-bond donors (Lipinski definition) is 1. The number of nitrogens with zero attached hydrogens (tertiary/aromatic N) is 2. The molecule has 0 spiro atoms. The van der Waals surface area contributed by atoms with E-state index in [-0.39, 0.29) is 17.4 Å². The summed E-state index contributed by atoms with van der Waals surface area (Å²) in [6.07, 6.45) is 3.04. The predicted molar refractivity (Wildman–Crippen MR) is 75.4 cm³/mol. The number of amides is 1. The van der Waals surface area contributed by atoms with Crippen LogP contribution in [0.15, 0.2) is 0 Å². The Morgan fingerprint density at radius 2 is 1.89 bits per heavy atom. The third-order valence-corrected chi connectivity index (χ3v) is 3.88. The molecule has 1 aliphatic heterocycles. The van der Waals surface area contributed by atoms with Gasteiger partial charge in [0.2, 0.25) is 5.91 Å². The molecule has 1 amide bonds. The SMILES string of the molecule is CN(CCN1CCCC1)C(=O)CC(N)C(C)(C)C. The highest BCUT2D eigenvalue weighted by atomic mass is 16.2. The largest absolute Gasteiger partial charge is 0.344 e. The average Bonchev–Trinajstić information content (AvgIpc) is 2.77. The summed E-state index contributed by atoms with van der Waals surface area (Å²) in [6.45, 7) is 10.4. The van der Waals surface area contributed by atoms with E-state index in [0.29, 0.717) is 6.42 Å². The molecule has 1 saturated heterocycles. The van der Waals surface area contributed by atoms with Crippen molar-refractivity contribution >= 4 is 5.91 Å². The first-order chi connectivity index (χ1) is 8.30. The van der Waals surface area contributed by atoms with Crippen molar-refractivity contribution in [3.63, 3.8) is 0 Å². The molecule has 1 aliphatic rings. The van der Waals surface area contributed by atoms with Crippen LogP contribution in [0.25, 0.3) is 0 Å². The molecule has 0 radical (unpaired) electrons. The van der Waals surface area contributed by atoms with Crippen LogP contribution in [-0.2, 0) is 4.79 Å². The Morgan fingerprint density at radius 1 is 1.33 bits per heavy atom. The molecule has 106 valence electrons. The molecule has 4 heteroatoms. The van der Waals surface area contributed by atoms with E-state index in [1.807, 2.05) is 11.9 Å². The zero-order valence-corrected chi connectivity index (χ0v) is 12.4. The molecule has 4 nitrogen and oxygen atoms in total. The topological polar surface area (TPSA) is 49.6 Å². The van der Waals surface area contributed by atoms with Gasteiger partial charge in [-0.2, -0.15) is 0 Å². The van der Waals surface area contributed by atoms with Crippen molar-refractivity contribution in [2.75, 3.05) is 33.2 Å². The molecule has 0 saturated carbocycles. The fraction of sp³-hybridized carbons (Fsp3) is 0.929. The fourth-order valence-electron chi connectivity index (χ4n) is 2.07. The average molecular weight is 255 g/mol. The summed E-state index contributed by atoms with van der Waals surface area (Å²) in [5.41, 5.74) is 6.04. The Balaban J connectivity index is 2.27. The van der Waals surface area contributed by atoms with Crippen LogP contribution in [0.5, 0.6) is 0 Å². The third-order valence-electron chi connectivity index (χ3n) is 3.88. The highest BCUT2D eigenvalue weighted by Crippen LogP contribution is 2.20. The molecule has 0 aromatic carbocycles. The second-order valence-corrected chi connectivity index (χ2v) is 6.54. The molecule has 0 bridgehead atoms. The number of rotatable bonds is 5. The van der Waals surface area contributed by atoms with E-state index in [0.717, 1.165) is 13.1 Å². The molecule has 0 aliphatic carbocycles.